The normalized spacial score (nSPS) is 10.8. The lowest BCUT2D eigenvalue weighted by atomic mass is 10.1. The Morgan fingerprint density at radius 2 is 1.90 bits per heavy atom. The van der Waals surface area contributed by atoms with Gasteiger partial charge in [0, 0.05) is 11.6 Å². The quantitative estimate of drug-likeness (QED) is 0.708. The SMILES string of the molecule is Nc1cc(-c2nc(-c3cccc(O)c3)no2)c(F)cc1F. The van der Waals surface area contributed by atoms with Crippen LogP contribution in [-0.4, -0.2) is 15.2 Å². The van der Waals surface area contributed by atoms with E-state index in [4.69, 9.17) is 10.3 Å². The van der Waals surface area contributed by atoms with Crippen molar-refractivity contribution in [2.75, 3.05) is 5.73 Å². The van der Waals surface area contributed by atoms with Gasteiger partial charge in [0.15, 0.2) is 0 Å². The highest BCUT2D eigenvalue weighted by Gasteiger charge is 2.17. The number of benzene rings is 2. The van der Waals surface area contributed by atoms with Crippen molar-refractivity contribution in [1.82, 2.24) is 10.1 Å². The summed E-state index contributed by atoms with van der Waals surface area (Å²) in [6.07, 6.45) is 0. The predicted octanol–water partition coefficient (Wildman–Crippen LogP) is 2.97. The molecule has 7 heteroatoms. The van der Waals surface area contributed by atoms with Gasteiger partial charge in [0.1, 0.15) is 17.4 Å². The molecule has 0 amide bonds. The fourth-order valence-corrected chi connectivity index (χ4v) is 1.82. The van der Waals surface area contributed by atoms with Crippen LogP contribution in [0.5, 0.6) is 5.75 Å². The lowest BCUT2D eigenvalue weighted by Crippen LogP contribution is -1.94. The molecule has 0 aliphatic rings. The van der Waals surface area contributed by atoms with Crippen molar-refractivity contribution in [3.05, 3.63) is 48.0 Å². The smallest absolute Gasteiger partial charge is 0.261 e. The van der Waals surface area contributed by atoms with Crippen LogP contribution in [0, 0.1) is 11.6 Å². The van der Waals surface area contributed by atoms with Gasteiger partial charge in [-0.3, -0.25) is 0 Å². The highest BCUT2D eigenvalue weighted by molar-refractivity contribution is 5.64. The number of aromatic hydroxyl groups is 1. The summed E-state index contributed by atoms with van der Waals surface area (Å²) in [6, 6.07) is 7.93. The Kier molecular flexibility index (Phi) is 3.02. The van der Waals surface area contributed by atoms with Crippen molar-refractivity contribution >= 4 is 5.69 Å². The van der Waals surface area contributed by atoms with Crippen molar-refractivity contribution in [2.24, 2.45) is 0 Å². The van der Waals surface area contributed by atoms with Crippen molar-refractivity contribution in [2.45, 2.75) is 0 Å². The number of aromatic nitrogens is 2. The van der Waals surface area contributed by atoms with Gasteiger partial charge in [-0.2, -0.15) is 4.98 Å². The molecule has 0 aliphatic carbocycles. The Balaban J connectivity index is 2.05. The van der Waals surface area contributed by atoms with Gasteiger partial charge in [-0.1, -0.05) is 17.3 Å². The molecule has 1 heterocycles. The Morgan fingerprint density at radius 3 is 2.67 bits per heavy atom. The number of nitrogen functional groups attached to an aromatic ring is 1. The number of anilines is 1. The van der Waals surface area contributed by atoms with E-state index in [2.05, 4.69) is 10.1 Å². The summed E-state index contributed by atoms with van der Waals surface area (Å²) < 4.78 is 31.8. The van der Waals surface area contributed by atoms with Gasteiger partial charge in [-0.25, -0.2) is 8.78 Å². The molecule has 0 aliphatic heterocycles. The maximum Gasteiger partial charge on any atom is 0.261 e. The van der Waals surface area contributed by atoms with Crippen LogP contribution in [0.3, 0.4) is 0 Å². The molecule has 5 nitrogen and oxygen atoms in total. The zero-order valence-corrected chi connectivity index (χ0v) is 10.5. The van der Waals surface area contributed by atoms with Crippen LogP contribution in [0.4, 0.5) is 14.5 Å². The van der Waals surface area contributed by atoms with Crippen molar-refractivity contribution in [3.8, 4) is 28.6 Å². The maximum atomic E-state index is 13.7. The zero-order chi connectivity index (χ0) is 15.0. The summed E-state index contributed by atoms with van der Waals surface area (Å²) in [4.78, 5) is 4.02. The standard InChI is InChI=1S/C14H9F2N3O2/c15-10-6-11(16)12(17)5-9(10)14-18-13(19-21-14)7-2-1-3-8(20)4-7/h1-6,20H,17H2. The van der Waals surface area contributed by atoms with E-state index in [1.54, 1.807) is 12.1 Å². The van der Waals surface area contributed by atoms with Gasteiger partial charge in [0.2, 0.25) is 5.82 Å². The summed E-state index contributed by atoms with van der Waals surface area (Å²) in [6.45, 7) is 0. The molecule has 0 fully saturated rings. The topological polar surface area (TPSA) is 85.2 Å². The van der Waals surface area contributed by atoms with Gasteiger partial charge in [-0.15, -0.1) is 0 Å². The first kappa shape index (κ1) is 13.0. The second-order valence-electron chi connectivity index (χ2n) is 4.33. The summed E-state index contributed by atoms with van der Waals surface area (Å²) >= 11 is 0. The number of halogens is 2. The van der Waals surface area contributed by atoms with Crippen molar-refractivity contribution in [1.29, 1.82) is 0 Å². The second-order valence-corrected chi connectivity index (χ2v) is 4.33. The predicted molar refractivity (Wildman–Crippen MR) is 71.2 cm³/mol. The van der Waals surface area contributed by atoms with Crippen LogP contribution in [0.25, 0.3) is 22.8 Å². The lowest BCUT2D eigenvalue weighted by Gasteiger charge is -2.00. The van der Waals surface area contributed by atoms with Crippen LogP contribution in [-0.2, 0) is 0 Å². The van der Waals surface area contributed by atoms with Crippen LogP contribution < -0.4 is 5.73 Å². The van der Waals surface area contributed by atoms with Crippen LogP contribution in [0.15, 0.2) is 40.9 Å². The Labute approximate surface area is 117 Å². The summed E-state index contributed by atoms with van der Waals surface area (Å²) in [5.41, 5.74) is 5.59. The van der Waals surface area contributed by atoms with Gasteiger partial charge in [0.05, 0.1) is 11.3 Å². The average Bonchev–Trinajstić information content (AvgIpc) is 2.92. The number of hydrogen-bond acceptors (Lipinski definition) is 5. The Hall–Kier alpha value is -2.96. The molecule has 3 rings (SSSR count). The fraction of sp³-hybridized carbons (Fsp3) is 0. The van der Waals surface area contributed by atoms with E-state index in [1.807, 2.05) is 0 Å². The van der Waals surface area contributed by atoms with E-state index in [9.17, 15) is 13.9 Å². The Morgan fingerprint density at radius 1 is 1.10 bits per heavy atom. The fourth-order valence-electron chi connectivity index (χ4n) is 1.82. The average molecular weight is 289 g/mol. The molecule has 2 aromatic carbocycles. The molecule has 0 spiro atoms. The summed E-state index contributed by atoms with van der Waals surface area (Å²) in [7, 11) is 0. The molecular formula is C14H9F2N3O2. The number of rotatable bonds is 2. The highest BCUT2D eigenvalue weighted by Crippen LogP contribution is 2.28. The van der Waals surface area contributed by atoms with Crippen molar-refractivity contribution in [3.63, 3.8) is 0 Å². The molecule has 0 bridgehead atoms. The third-order valence-corrected chi connectivity index (χ3v) is 2.85. The lowest BCUT2D eigenvalue weighted by molar-refractivity contribution is 0.429. The van der Waals surface area contributed by atoms with E-state index in [1.165, 1.54) is 12.1 Å². The van der Waals surface area contributed by atoms with Gasteiger partial charge >= 0.3 is 0 Å². The van der Waals surface area contributed by atoms with E-state index >= 15 is 0 Å². The molecule has 3 N–H and O–H groups in total. The van der Waals surface area contributed by atoms with Gasteiger partial charge in [0.25, 0.3) is 5.89 Å². The minimum atomic E-state index is -0.857. The molecule has 0 saturated carbocycles. The first-order valence-electron chi connectivity index (χ1n) is 5.92. The van der Waals surface area contributed by atoms with Crippen molar-refractivity contribution < 1.29 is 18.4 Å². The van der Waals surface area contributed by atoms with Gasteiger partial charge < -0.3 is 15.4 Å². The van der Waals surface area contributed by atoms with Crippen LogP contribution >= 0.6 is 0 Å². The van der Waals surface area contributed by atoms with E-state index < -0.39 is 11.6 Å². The number of phenols is 1. The number of phenolic OH excluding ortho intramolecular Hbond substituents is 1. The minimum Gasteiger partial charge on any atom is -0.508 e. The van der Waals surface area contributed by atoms with Gasteiger partial charge in [-0.05, 0) is 18.2 Å². The number of hydrogen-bond donors (Lipinski definition) is 2. The molecule has 0 unspecified atom stereocenters. The molecule has 0 saturated heterocycles. The number of nitrogens with two attached hydrogens (primary N) is 1. The molecular weight excluding hydrogens is 280 g/mol. The third-order valence-electron chi connectivity index (χ3n) is 2.85. The molecule has 21 heavy (non-hydrogen) atoms. The Bertz CT molecular complexity index is 818. The molecule has 0 atom stereocenters. The third kappa shape index (κ3) is 2.40. The first-order chi connectivity index (χ1) is 10.0. The zero-order valence-electron chi connectivity index (χ0n) is 10.5. The van der Waals surface area contributed by atoms with Crippen LogP contribution in [0.1, 0.15) is 0 Å². The van der Waals surface area contributed by atoms with E-state index in [0.717, 1.165) is 6.07 Å². The van der Waals surface area contributed by atoms with E-state index in [-0.39, 0.29) is 28.7 Å². The maximum absolute atomic E-state index is 13.7. The molecule has 3 aromatic rings. The monoisotopic (exact) mass is 289 g/mol. The second kappa shape index (κ2) is 4.86. The largest absolute Gasteiger partial charge is 0.508 e. The highest BCUT2D eigenvalue weighted by atomic mass is 19.1. The van der Waals surface area contributed by atoms with Crippen LogP contribution in [0.2, 0.25) is 0 Å². The summed E-state index contributed by atoms with van der Waals surface area (Å²) in [5.74, 6) is -1.63. The molecule has 106 valence electrons. The first-order valence-corrected chi connectivity index (χ1v) is 5.92. The minimum absolute atomic E-state index is 0.0380. The summed E-state index contributed by atoms with van der Waals surface area (Å²) in [5, 5.41) is 13.1. The molecule has 1 aromatic heterocycles. The number of nitrogens with zero attached hydrogens (tertiary/aromatic N) is 2. The molecule has 0 radical (unpaired) electrons. The van der Waals surface area contributed by atoms with E-state index in [0.29, 0.717) is 11.6 Å².